The van der Waals surface area contributed by atoms with Crippen molar-refractivity contribution in [3.05, 3.63) is 35.4 Å². The van der Waals surface area contributed by atoms with E-state index in [1.54, 1.807) is 0 Å². The lowest BCUT2D eigenvalue weighted by Gasteiger charge is -2.08. The van der Waals surface area contributed by atoms with Crippen LogP contribution in [-0.4, -0.2) is 12.6 Å². The van der Waals surface area contributed by atoms with E-state index in [-0.39, 0.29) is 5.97 Å². The lowest BCUT2D eigenvalue weighted by molar-refractivity contribution is -0.143. The number of benzene rings is 1. The molecule has 0 aliphatic carbocycles. The van der Waals surface area contributed by atoms with E-state index in [2.05, 4.69) is 39.8 Å². The first-order valence-electron chi connectivity index (χ1n) is 6.73. The first-order chi connectivity index (χ1) is 8.49. The standard InChI is InChI=1S/C16H24O2/c1-12(2)9-10-18-16(17)11-14-5-7-15(8-6-14)13(3)4/h5-8,12-13H,9-11H2,1-4H3. The number of carbonyl (C=O) groups excluding carboxylic acids is 1. The number of esters is 1. The molecule has 0 N–H and O–H groups in total. The molecule has 0 saturated carbocycles. The summed E-state index contributed by atoms with van der Waals surface area (Å²) in [5, 5.41) is 0. The summed E-state index contributed by atoms with van der Waals surface area (Å²) in [6.45, 7) is 9.10. The fraction of sp³-hybridized carbons (Fsp3) is 0.562. The molecule has 2 heteroatoms. The molecule has 18 heavy (non-hydrogen) atoms. The Morgan fingerprint density at radius 2 is 1.72 bits per heavy atom. The molecule has 0 heterocycles. The Morgan fingerprint density at radius 3 is 2.22 bits per heavy atom. The van der Waals surface area contributed by atoms with Gasteiger partial charge in [-0.15, -0.1) is 0 Å². The summed E-state index contributed by atoms with van der Waals surface area (Å²) in [4.78, 5) is 11.6. The maximum absolute atomic E-state index is 11.6. The molecule has 0 saturated heterocycles. The average Bonchev–Trinajstić information content (AvgIpc) is 2.29. The van der Waals surface area contributed by atoms with Gasteiger partial charge in [0.05, 0.1) is 13.0 Å². The van der Waals surface area contributed by atoms with E-state index in [0.29, 0.717) is 24.9 Å². The van der Waals surface area contributed by atoms with E-state index in [0.717, 1.165) is 12.0 Å². The van der Waals surface area contributed by atoms with Gasteiger partial charge in [0, 0.05) is 0 Å². The van der Waals surface area contributed by atoms with Crippen LogP contribution in [0.2, 0.25) is 0 Å². The van der Waals surface area contributed by atoms with E-state index in [4.69, 9.17) is 4.74 Å². The first kappa shape index (κ1) is 14.7. The lowest BCUT2D eigenvalue weighted by atomic mass is 10.0. The molecule has 1 aromatic carbocycles. The van der Waals surface area contributed by atoms with Crippen molar-refractivity contribution < 1.29 is 9.53 Å². The van der Waals surface area contributed by atoms with Gasteiger partial charge in [-0.3, -0.25) is 4.79 Å². The van der Waals surface area contributed by atoms with Crippen LogP contribution in [0.4, 0.5) is 0 Å². The normalized spacial score (nSPS) is 11.0. The minimum absolute atomic E-state index is 0.132. The van der Waals surface area contributed by atoms with Crippen molar-refractivity contribution in [3.63, 3.8) is 0 Å². The molecule has 0 aromatic heterocycles. The van der Waals surface area contributed by atoms with E-state index < -0.39 is 0 Å². The van der Waals surface area contributed by atoms with Crippen LogP contribution in [0.25, 0.3) is 0 Å². The van der Waals surface area contributed by atoms with Crippen LogP contribution in [0.1, 0.15) is 51.2 Å². The van der Waals surface area contributed by atoms with Crippen molar-refractivity contribution >= 4 is 5.97 Å². The molecular formula is C16H24O2. The van der Waals surface area contributed by atoms with Crippen molar-refractivity contribution in [2.24, 2.45) is 5.92 Å². The predicted molar refractivity (Wildman–Crippen MR) is 74.6 cm³/mol. The van der Waals surface area contributed by atoms with E-state index in [1.165, 1.54) is 5.56 Å². The van der Waals surface area contributed by atoms with Crippen LogP contribution in [0.3, 0.4) is 0 Å². The van der Waals surface area contributed by atoms with E-state index >= 15 is 0 Å². The zero-order valence-electron chi connectivity index (χ0n) is 11.9. The monoisotopic (exact) mass is 248 g/mol. The Morgan fingerprint density at radius 1 is 1.11 bits per heavy atom. The van der Waals surface area contributed by atoms with Crippen molar-refractivity contribution in [2.45, 2.75) is 46.5 Å². The molecule has 0 amide bonds. The third kappa shape index (κ3) is 5.35. The Balaban J connectivity index is 2.40. The summed E-state index contributed by atoms with van der Waals surface area (Å²) < 4.78 is 5.20. The molecule has 2 nitrogen and oxygen atoms in total. The second-order valence-electron chi connectivity index (χ2n) is 5.48. The Bertz CT molecular complexity index is 363. The molecule has 0 fully saturated rings. The summed E-state index contributed by atoms with van der Waals surface area (Å²) in [7, 11) is 0. The minimum atomic E-state index is -0.132. The van der Waals surface area contributed by atoms with Crippen LogP contribution in [0.15, 0.2) is 24.3 Å². The van der Waals surface area contributed by atoms with Gasteiger partial charge in [-0.25, -0.2) is 0 Å². The summed E-state index contributed by atoms with van der Waals surface area (Å²) in [5.74, 6) is 0.966. The minimum Gasteiger partial charge on any atom is -0.465 e. The number of ether oxygens (including phenoxy) is 1. The topological polar surface area (TPSA) is 26.3 Å². The smallest absolute Gasteiger partial charge is 0.310 e. The molecular weight excluding hydrogens is 224 g/mol. The number of carbonyl (C=O) groups is 1. The highest BCUT2D eigenvalue weighted by molar-refractivity contribution is 5.72. The maximum Gasteiger partial charge on any atom is 0.310 e. The predicted octanol–water partition coefficient (Wildman–Crippen LogP) is 3.94. The van der Waals surface area contributed by atoms with Crippen LogP contribution >= 0.6 is 0 Å². The summed E-state index contributed by atoms with van der Waals surface area (Å²) in [6.07, 6.45) is 1.30. The average molecular weight is 248 g/mol. The van der Waals surface area contributed by atoms with Gasteiger partial charge in [-0.05, 0) is 29.4 Å². The van der Waals surface area contributed by atoms with Crippen LogP contribution in [-0.2, 0) is 16.0 Å². The lowest BCUT2D eigenvalue weighted by Crippen LogP contribution is -2.10. The first-order valence-corrected chi connectivity index (χ1v) is 6.73. The summed E-state index contributed by atoms with van der Waals surface area (Å²) in [6, 6.07) is 8.20. The number of hydrogen-bond donors (Lipinski definition) is 0. The second-order valence-corrected chi connectivity index (χ2v) is 5.48. The highest BCUT2D eigenvalue weighted by Gasteiger charge is 2.06. The Kier molecular flexibility index (Phi) is 5.90. The van der Waals surface area contributed by atoms with Gasteiger partial charge in [0.2, 0.25) is 0 Å². The van der Waals surface area contributed by atoms with E-state index in [1.807, 2.05) is 12.1 Å². The summed E-state index contributed by atoms with van der Waals surface area (Å²) >= 11 is 0. The highest BCUT2D eigenvalue weighted by Crippen LogP contribution is 2.15. The third-order valence-corrected chi connectivity index (χ3v) is 2.95. The van der Waals surface area contributed by atoms with E-state index in [9.17, 15) is 4.79 Å². The van der Waals surface area contributed by atoms with Crippen molar-refractivity contribution in [1.82, 2.24) is 0 Å². The number of rotatable bonds is 6. The molecule has 100 valence electrons. The molecule has 1 rings (SSSR count). The maximum atomic E-state index is 11.6. The quantitative estimate of drug-likeness (QED) is 0.713. The van der Waals surface area contributed by atoms with Gasteiger partial charge >= 0.3 is 5.97 Å². The van der Waals surface area contributed by atoms with Gasteiger partial charge in [-0.1, -0.05) is 52.0 Å². The van der Waals surface area contributed by atoms with Gasteiger partial charge in [0.25, 0.3) is 0 Å². The van der Waals surface area contributed by atoms with Gasteiger partial charge in [-0.2, -0.15) is 0 Å². The van der Waals surface area contributed by atoms with Crippen molar-refractivity contribution in [2.75, 3.05) is 6.61 Å². The van der Waals surface area contributed by atoms with Gasteiger partial charge in [0.15, 0.2) is 0 Å². The molecule has 0 aliphatic rings. The molecule has 0 radical (unpaired) electrons. The SMILES string of the molecule is CC(C)CCOC(=O)Cc1ccc(C(C)C)cc1. The molecule has 1 aromatic rings. The molecule has 0 bridgehead atoms. The second kappa shape index (κ2) is 7.20. The van der Waals surface area contributed by atoms with Crippen molar-refractivity contribution in [1.29, 1.82) is 0 Å². The van der Waals surface area contributed by atoms with Crippen LogP contribution in [0, 0.1) is 5.92 Å². The molecule has 0 aliphatic heterocycles. The summed E-state index contributed by atoms with van der Waals surface area (Å²) in [5.41, 5.74) is 2.32. The van der Waals surface area contributed by atoms with Crippen molar-refractivity contribution in [3.8, 4) is 0 Å². The zero-order valence-corrected chi connectivity index (χ0v) is 11.9. The van der Waals surface area contributed by atoms with Gasteiger partial charge in [0.1, 0.15) is 0 Å². The molecule has 0 spiro atoms. The fourth-order valence-corrected chi connectivity index (χ4v) is 1.65. The highest BCUT2D eigenvalue weighted by atomic mass is 16.5. The zero-order chi connectivity index (χ0) is 13.5. The van der Waals surface area contributed by atoms with Crippen LogP contribution in [0.5, 0.6) is 0 Å². The Hall–Kier alpha value is -1.31. The molecule has 0 unspecified atom stereocenters. The third-order valence-electron chi connectivity index (χ3n) is 2.95. The fourth-order valence-electron chi connectivity index (χ4n) is 1.65. The number of hydrogen-bond acceptors (Lipinski definition) is 2. The Labute approximate surface area is 110 Å². The largest absolute Gasteiger partial charge is 0.465 e. The van der Waals surface area contributed by atoms with Gasteiger partial charge < -0.3 is 4.74 Å². The van der Waals surface area contributed by atoms with Crippen LogP contribution < -0.4 is 0 Å². The molecule has 0 atom stereocenters.